The largest absolute Gasteiger partial charge is 0.468 e. The normalized spacial score (nSPS) is 11.7. The Morgan fingerprint density at radius 1 is 1.36 bits per heavy atom. The molecule has 0 bridgehead atoms. The summed E-state index contributed by atoms with van der Waals surface area (Å²) in [4.78, 5) is 15.9. The lowest BCUT2D eigenvalue weighted by Crippen LogP contribution is -2.37. The molecule has 2 heterocycles. The third kappa shape index (κ3) is 4.61. The fraction of sp³-hybridized carbons (Fsp3) is 0.312. The van der Waals surface area contributed by atoms with Crippen molar-refractivity contribution in [3.63, 3.8) is 0 Å². The van der Waals surface area contributed by atoms with Gasteiger partial charge in [-0.3, -0.25) is 4.79 Å². The molecule has 0 unspecified atom stereocenters. The summed E-state index contributed by atoms with van der Waals surface area (Å²) in [6, 6.07) is 2.09. The van der Waals surface area contributed by atoms with E-state index in [-0.39, 0.29) is 27.8 Å². The van der Waals surface area contributed by atoms with Crippen LogP contribution in [-0.2, 0) is 10.0 Å². The predicted molar refractivity (Wildman–Crippen MR) is 88.8 cm³/mol. The van der Waals surface area contributed by atoms with Gasteiger partial charge in [-0.2, -0.15) is 13.2 Å². The summed E-state index contributed by atoms with van der Waals surface area (Å²) in [6.07, 6.45) is 1.52. The molecule has 150 valence electrons. The zero-order valence-electron chi connectivity index (χ0n) is 14.6. The van der Waals surface area contributed by atoms with Crippen LogP contribution in [0, 0.1) is 26.2 Å². The van der Waals surface area contributed by atoms with E-state index >= 15 is 0 Å². The van der Waals surface area contributed by atoms with E-state index < -0.39 is 35.3 Å². The number of pyridine rings is 1. The number of rotatable bonds is 6. The summed E-state index contributed by atoms with van der Waals surface area (Å²) >= 11 is 0. The summed E-state index contributed by atoms with van der Waals surface area (Å²) in [5.41, 5.74) is -0.175. The molecule has 0 aliphatic rings. The quantitative estimate of drug-likeness (QED) is 0.663. The molecule has 0 saturated carbocycles. The van der Waals surface area contributed by atoms with Crippen LogP contribution >= 0.6 is 0 Å². The molecule has 0 aliphatic carbocycles. The van der Waals surface area contributed by atoms with Gasteiger partial charge in [0, 0.05) is 12.3 Å². The van der Waals surface area contributed by atoms with Crippen LogP contribution in [0.3, 0.4) is 0 Å². The molecule has 12 heteroatoms. The lowest BCUT2D eigenvalue weighted by molar-refractivity contribution is -0.154. The second-order valence-corrected chi connectivity index (χ2v) is 7.26. The van der Waals surface area contributed by atoms with Gasteiger partial charge in [0.2, 0.25) is 5.88 Å². The standard InChI is InChI=1S/C16H14F3N3O5S/c1-4-7-22(28(24,25)14-10(2)21-27-11(14)3)15(23)12-5-6-13(20-8-12)26-9-16(17,18)19/h1,5-6,8H,7,9H2,2-3H3. The fourth-order valence-corrected chi connectivity index (χ4v) is 3.79. The maximum atomic E-state index is 12.9. The Morgan fingerprint density at radius 3 is 2.50 bits per heavy atom. The Hall–Kier alpha value is -3.07. The molecule has 0 atom stereocenters. The topological polar surface area (TPSA) is 103 Å². The third-order valence-corrected chi connectivity index (χ3v) is 5.32. The highest BCUT2D eigenvalue weighted by molar-refractivity contribution is 7.89. The summed E-state index contributed by atoms with van der Waals surface area (Å²) < 4.78 is 71.9. The van der Waals surface area contributed by atoms with E-state index in [0.717, 1.165) is 18.3 Å². The second kappa shape index (κ2) is 7.89. The Balaban J connectivity index is 2.32. The van der Waals surface area contributed by atoms with E-state index in [4.69, 9.17) is 10.9 Å². The lowest BCUT2D eigenvalue weighted by atomic mass is 10.2. The molecule has 2 rings (SSSR count). The van der Waals surface area contributed by atoms with Crippen molar-refractivity contribution in [3.05, 3.63) is 35.3 Å². The molecule has 0 aliphatic heterocycles. The third-order valence-electron chi connectivity index (χ3n) is 3.34. The number of carbonyl (C=O) groups is 1. The number of alkyl halides is 3. The first-order valence-electron chi connectivity index (χ1n) is 7.56. The van der Waals surface area contributed by atoms with Crippen LogP contribution < -0.4 is 4.74 Å². The number of sulfonamides is 1. The van der Waals surface area contributed by atoms with Gasteiger partial charge in [-0.15, -0.1) is 6.42 Å². The van der Waals surface area contributed by atoms with E-state index in [1.165, 1.54) is 13.8 Å². The van der Waals surface area contributed by atoms with Crippen molar-refractivity contribution in [1.29, 1.82) is 0 Å². The first-order valence-corrected chi connectivity index (χ1v) is 9.00. The smallest absolute Gasteiger partial charge is 0.422 e. The van der Waals surface area contributed by atoms with Gasteiger partial charge < -0.3 is 9.26 Å². The average Bonchev–Trinajstić information content (AvgIpc) is 2.96. The molecule has 2 aromatic rings. The number of halogens is 3. The van der Waals surface area contributed by atoms with Gasteiger partial charge in [0.1, 0.15) is 5.69 Å². The molecular formula is C16H14F3N3O5S. The Kier molecular flexibility index (Phi) is 5.98. The van der Waals surface area contributed by atoms with E-state index in [1.54, 1.807) is 0 Å². The van der Waals surface area contributed by atoms with Crippen molar-refractivity contribution < 1.29 is 35.6 Å². The van der Waals surface area contributed by atoms with Crippen LogP contribution in [-0.4, -0.2) is 48.1 Å². The molecule has 0 aromatic carbocycles. The first kappa shape index (κ1) is 21.2. The van der Waals surface area contributed by atoms with Crippen LogP contribution in [0.4, 0.5) is 13.2 Å². The molecular weight excluding hydrogens is 403 g/mol. The highest BCUT2D eigenvalue weighted by atomic mass is 32.2. The van der Waals surface area contributed by atoms with Crippen molar-refractivity contribution in [2.45, 2.75) is 24.9 Å². The lowest BCUT2D eigenvalue weighted by Gasteiger charge is -2.20. The maximum absolute atomic E-state index is 12.9. The minimum absolute atomic E-state index is 0.0265. The van der Waals surface area contributed by atoms with E-state index in [2.05, 4.69) is 20.8 Å². The highest BCUT2D eigenvalue weighted by Crippen LogP contribution is 2.25. The number of nitrogens with zero attached hydrogens (tertiary/aromatic N) is 3. The Bertz CT molecular complexity index is 988. The van der Waals surface area contributed by atoms with Gasteiger partial charge in [-0.05, 0) is 19.9 Å². The number of aryl methyl sites for hydroxylation is 2. The molecule has 0 N–H and O–H groups in total. The van der Waals surface area contributed by atoms with Crippen molar-refractivity contribution in [2.75, 3.05) is 13.2 Å². The van der Waals surface area contributed by atoms with Gasteiger partial charge in [-0.25, -0.2) is 17.7 Å². The van der Waals surface area contributed by atoms with Crippen LogP contribution in [0.2, 0.25) is 0 Å². The number of aromatic nitrogens is 2. The SMILES string of the molecule is C#CCN(C(=O)c1ccc(OCC(F)(F)F)nc1)S(=O)(=O)c1c(C)noc1C. The van der Waals surface area contributed by atoms with E-state index in [0.29, 0.717) is 4.31 Å². The monoisotopic (exact) mass is 417 g/mol. The van der Waals surface area contributed by atoms with Crippen LogP contribution in [0.5, 0.6) is 5.88 Å². The second-order valence-electron chi connectivity index (χ2n) is 5.46. The molecule has 2 aromatic heterocycles. The molecule has 0 spiro atoms. The van der Waals surface area contributed by atoms with E-state index in [9.17, 15) is 26.4 Å². The van der Waals surface area contributed by atoms with Gasteiger partial charge in [0.25, 0.3) is 15.9 Å². The van der Waals surface area contributed by atoms with Crippen molar-refractivity contribution in [3.8, 4) is 18.2 Å². The van der Waals surface area contributed by atoms with Crippen molar-refractivity contribution in [2.24, 2.45) is 0 Å². The van der Waals surface area contributed by atoms with Crippen molar-refractivity contribution in [1.82, 2.24) is 14.4 Å². The maximum Gasteiger partial charge on any atom is 0.422 e. The number of carbonyl (C=O) groups excluding carboxylic acids is 1. The number of amides is 1. The van der Waals surface area contributed by atoms with Gasteiger partial charge in [0.05, 0.1) is 12.1 Å². The molecule has 28 heavy (non-hydrogen) atoms. The minimum Gasteiger partial charge on any atom is -0.468 e. The number of hydrogen-bond donors (Lipinski definition) is 0. The molecule has 0 fully saturated rings. The number of terminal acetylenes is 1. The zero-order chi connectivity index (χ0) is 21.1. The summed E-state index contributed by atoms with van der Waals surface area (Å²) in [5, 5.41) is 3.54. The Labute approximate surface area is 158 Å². The Morgan fingerprint density at radius 2 is 2.04 bits per heavy atom. The summed E-state index contributed by atoms with van der Waals surface area (Å²) in [5.74, 6) is 0.648. The van der Waals surface area contributed by atoms with E-state index in [1.807, 2.05) is 0 Å². The van der Waals surface area contributed by atoms with Gasteiger partial charge >= 0.3 is 6.18 Å². The first-order chi connectivity index (χ1) is 13.0. The van der Waals surface area contributed by atoms with Gasteiger partial charge in [-0.1, -0.05) is 11.1 Å². The number of ether oxygens (including phenoxy) is 1. The molecule has 0 saturated heterocycles. The highest BCUT2D eigenvalue weighted by Gasteiger charge is 2.35. The van der Waals surface area contributed by atoms with Crippen LogP contribution in [0.1, 0.15) is 21.8 Å². The van der Waals surface area contributed by atoms with Crippen LogP contribution in [0.25, 0.3) is 0 Å². The average molecular weight is 417 g/mol. The molecule has 8 nitrogen and oxygen atoms in total. The molecule has 1 amide bonds. The van der Waals surface area contributed by atoms with Gasteiger partial charge in [0.15, 0.2) is 17.3 Å². The van der Waals surface area contributed by atoms with Crippen molar-refractivity contribution >= 4 is 15.9 Å². The van der Waals surface area contributed by atoms with Crippen LogP contribution in [0.15, 0.2) is 27.7 Å². The zero-order valence-corrected chi connectivity index (χ0v) is 15.5. The molecule has 0 radical (unpaired) electrons. The minimum atomic E-state index is -4.55. The summed E-state index contributed by atoms with van der Waals surface area (Å²) in [7, 11) is -4.39. The number of hydrogen-bond acceptors (Lipinski definition) is 7. The predicted octanol–water partition coefficient (Wildman–Crippen LogP) is 2.09. The summed E-state index contributed by atoms with van der Waals surface area (Å²) in [6.45, 7) is 0.602. The fourth-order valence-electron chi connectivity index (χ4n) is 2.19.